The summed E-state index contributed by atoms with van der Waals surface area (Å²) >= 11 is 0. The van der Waals surface area contributed by atoms with Crippen LogP contribution in [0.3, 0.4) is 0 Å². The summed E-state index contributed by atoms with van der Waals surface area (Å²) in [5, 5.41) is 5.61. The molecule has 166 valence electrons. The van der Waals surface area contributed by atoms with Gasteiger partial charge in [0.2, 0.25) is 0 Å². The molecule has 2 rings (SSSR count). The summed E-state index contributed by atoms with van der Waals surface area (Å²) in [6.07, 6.45) is 1.56. The number of para-hydroxylation sites is 1. The Morgan fingerprint density at radius 1 is 0.935 bits per heavy atom. The average molecular weight is 425 g/mol. The lowest BCUT2D eigenvalue weighted by molar-refractivity contribution is -0.150. The van der Waals surface area contributed by atoms with Gasteiger partial charge in [0, 0.05) is 11.3 Å². The van der Waals surface area contributed by atoms with Gasteiger partial charge in [-0.3, -0.25) is 9.59 Å². The van der Waals surface area contributed by atoms with Crippen LogP contribution >= 0.6 is 0 Å². The third kappa shape index (κ3) is 6.41. The van der Waals surface area contributed by atoms with Gasteiger partial charge < -0.3 is 15.4 Å². The van der Waals surface area contributed by atoms with Crippen LogP contribution in [0.15, 0.2) is 42.5 Å². The van der Waals surface area contributed by atoms with E-state index in [9.17, 15) is 14.4 Å². The minimum atomic E-state index is -0.853. The van der Waals surface area contributed by atoms with Gasteiger partial charge in [-0.1, -0.05) is 64.1 Å². The smallest absolute Gasteiger partial charge is 0.329 e. The summed E-state index contributed by atoms with van der Waals surface area (Å²) in [4.78, 5) is 37.7. The zero-order chi connectivity index (χ0) is 23.0. The maximum absolute atomic E-state index is 12.6. The molecule has 6 nitrogen and oxygen atoms in total. The van der Waals surface area contributed by atoms with E-state index in [0.29, 0.717) is 5.56 Å². The van der Waals surface area contributed by atoms with Gasteiger partial charge in [-0.05, 0) is 48.4 Å². The van der Waals surface area contributed by atoms with Crippen molar-refractivity contribution in [1.29, 1.82) is 0 Å². The summed E-state index contributed by atoms with van der Waals surface area (Å²) in [5.41, 5.74) is 4.16. The Morgan fingerprint density at radius 2 is 1.55 bits per heavy atom. The monoisotopic (exact) mass is 424 g/mol. The molecule has 0 heterocycles. The first-order valence-corrected chi connectivity index (χ1v) is 10.7. The quantitative estimate of drug-likeness (QED) is 0.595. The Bertz CT molecular complexity index is 915. The lowest BCUT2D eigenvalue weighted by atomic mass is 10.0. The van der Waals surface area contributed by atoms with Crippen LogP contribution in [0.1, 0.15) is 54.7 Å². The molecule has 0 aromatic heterocycles. The van der Waals surface area contributed by atoms with Crippen LogP contribution in [0.5, 0.6) is 0 Å². The number of ether oxygens (including phenoxy) is 1. The molecule has 0 radical (unpaired) electrons. The van der Waals surface area contributed by atoms with Crippen molar-refractivity contribution >= 4 is 23.5 Å². The van der Waals surface area contributed by atoms with Crippen LogP contribution in [-0.4, -0.2) is 30.4 Å². The van der Waals surface area contributed by atoms with E-state index in [1.54, 1.807) is 12.1 Å². The third-order valence-corrected chi connectivity index (χ3v) is 5.21. The molecule has 6 heteroatoms. The number of hydrogen-bond acceptors (Lipinski definition) is 4. The lowest BCUT2D eigenvalue weighted by Gasteiger charge is -2.21. The number of carbonyl (C=O) groups is 3. The van der Waals surface area contributed by atoms with Gasteiger partial charge in [-0.15, -0.1) is 0 Å². The highest BCUT2D eigenvalue weighted by Crippen LogP contribution is 2.22. The van der Waals surface area contributed by atoms with Gasteiger partial charge >= 0.3 is 5.97 Å². The van der Waals surface area contributed by atoms with Crippen molar-refractivity contribution < 1.29 is 19.1 Å². The van der Waals surface area contributed by atoms with Gasteiger partial charge in [0.05, 0.1) is 0 Å². The minimum Gasteiger partial charge on any atom is -0.454 e. The number of benzene rings is 2. The van der Waals surface area contributed by atoms with Crippen molar-refractivity contribution in [3.8, 4) is 0 Å². The Morgan fingerprint density at radius 3 is 2.10 bits per heavy atom. The summed E-state index contributed by atoms with van der Waals surface area (Å²) in [6.45, 7) is 9.10. The van der Waals surface area contributed by atoms with Gasteiger partial charge in [0.25, 0.3) is 11.8 Å². The van der Waals surface area contributed by atoms with Crippen molar-refractivity contribution in [2.45, 2.75) is 53.5 Å². The molecular weight excluding hydrogens is 392 g/mol. The number of esters is 1. The van der Waals surface area contributed by atoms with Crippen LogP contribution in [0.4, 0.5) is 5.69 Å². The van der Waals surface area contributed by atoms with Gasteiger partial charge in [0.1, 0.15) is 6.04 Å². The predicted octanol–water partition coefficient (Wildman–Crippen LogP) is 4.06. The molecule has 0 saturated carbocycles. The number of anilines is 1. The van der Waals surface area contributed by atoms with Crippen LogP contribution in [0.2, 0.25) is 0 Å². The van der Waals surface area contributed by atoms with Crippen LogP contribution < -0.4 is 10.6 Å². The molecule has 0 aliphatic rings. The van der Waals surface area contributed by atoms with Gasteiger partial charge in [0.15, 0.2) is 6.61 Å². The van der Waals surface area contributed by atoms with E-state index in [0.717, 1.165) is 35.2 Å². The maximum Gasteiger partial charge on any atom is 0.329 e. The first kappa shape index (κ1) is 24.1. The van der Waals surface area contributed by atoms with E-state index in [1.165, 1.54) is 0 Å². The van der Waals surface area contributed by atoms with E-state index < -0.39 is 24.5 Å². The molecule has 0 saturated heterocycles. The molecule has 2 aromatic carbocycles. The Labute approximate surface area is 184 Å². The second kappa shape index (κ2) is 11.3. The fraction of sp³-hybridized carbons (Fsp3) is 0.400. The highest BCUT2D eigenvalue weighted by Gasteiger charge is 2.27. The number of aryl methyl sites for hydroxylation is 3. The molecule has 2 N–H and O–H groups in total. The second-order valence-corrected chi connectivity index (χ2v) is 7.82. The Hall–Kier alpha value is -3.15. The lowest BCUT2D eigenvalue weighted by Crippen LogP contribution is -2.46. The van der Waals surface area contributed by atoms with Crippen LogP contribution in [0.25, 0.3) is 0 Å². The Balaban J connectivity index is 2.02. The average Bonchev–Trinajstić information content (AvgIpc) is 2.75. The van der Waals surface area contributed by atoms with E-state index in [2.05, 4.69) is 10.6 Å². The third-order valence-electron chi connectivity index (χ3n) is 5.21. The maximum atomic E-state index is 12.6. The number of hydrogen-bond donors (Lipinski definition) is 2. The van der Waals surface area contributed by atoms with E-state index in [-0.39, 0.29) is 11.8 Å². The van der Waals surface area contributed by atoms with E-state index in [1.807, 2.05) is 65.0 Å². The summed E-state index contributed by atoms with van der Waals surface area (Å²) in [6, 6.07) is 12.2. The SMILES string of the molecule is CCc1cccc(CC)c1NC(=O)COC(=O)[C@@H](NC(=O)c1ccccc1C)C(C)C. The molecule has 0 bridgehead atoms. The largest absolute Gasteiger partial charge is 0.454 e. The predicted molar refractivity (Wildman–Crippen MR) is 122 cm³/mol. The molecule has 2 amide bonds. The highest BCUT2D eigenvalue weighted by molar-refractivity contribution is 5.98. The summed E-state index contributed by atoms with van der Waals surface area (Å²) in [5.74, 6) is -1.58. The first-order valence-electron chi connectivity index (χ1n) is 10.7. The molecular formula is C25H32N2O4. The number of rotatable bonds is 9. The molecule has 0 fully saturated rings. The fourth-order valence-electron chi connectivity index (χ4n) is 3.35. The second-order valence-electron chi connectivity index (χ2n) is 7.82. The highest BCUT2D eigenvalue weighted by atomic mass is 16.5. The molecule has 2 aromatic rings. The zero-order valence-electron chi connectivity index (χ0n) is 19.0. The van der Waals surface area contributed by atoms with Crippen LogP contribution in [-0.2, 0) is 27.2 Å². The zero-order valence-corrected chi connectivity index (χ0v) is 19.0. The summed E-state index contributed by atoms with van der Waals surface area (Å²) in [7, 11) is 0. The van der Waals surface area contributed by atoms with E-state index in [4.69, 9.17) is 4.74 Å². The molecule has 0 aliphatic heterocycles. The molecule has 0 unspecified atom stereocenters. The summed E-state index contributed by atoms with van der Waals surface area (Å²) < 4.78 is 5.25. The Kier molecular flexibility index (Phi) is 8.79. The van der Waals surface area contributed by atoms with Crippen molar-refractivity contribution in [2.75, 3.05) is 11.9 Å². The fourth-order valence-corrected chi connectivity index (χ4v) is 3.35. The van der Waals surface area contributed by atoms with Gasteiger partial charge in [-0.25, -0.2) is 4.79 Å². The van der Waals surface area contributed by atoms with Crippen LogP contribution in [0, 0.1) is 12.8 Å². The molecule has 1 atom stereocenters. The molecule has 0 aliphatic carbocycles. The topological polar surface area (TPSA) is 84.5 Å². The number of carbonyl (C=O) groups excluding carboxylic acids is 3. The number of nitrogens with one attached hydrogen (secondary N) is 2. The first-order chi connectivity index (χ1) is 14.8. The minimum absolute atomic E-state index is 0.198. The van der Waals surface area contributed by atoms with Crippen molar-refractivity contribution in [2.24, 2.45) is 5.92 Å². The van der Waals surface area contributed by atoms with E-state index >= 15 is 0 Å². The standard InChI is InChI=1S/C25H32N2O4/c1-6-18-12-10-13-19(7-2)23(18)26-21(28)15-31-25(30)22(16(3)4)27-24(29)20-14-9-8-11-17(20)5/h8-14,16,22H,6-7,15H2,1-5H3,(H,26,28)(H,27,29)/t22-/m0/s1. The van der Waals surface area contributed by atoms with Crippen molar-refractivity contribution in [1.82, 2.24) is 5.32 Å². The normalized spacial score (nSPS) is 11.7. The molecule has 31 heavy (non-hydrogen) atoms. The number of amides is 2. The van der Waals surface area contributed by atoms with Gasteiger partial charge in [-0.2, -0.15) is 0 Å². The van der Waals surface area contributed by atoms with Crippen molar-refractivity contribution in [3.05, 3.63) is 64.7 Å². The molecule has 0 spiro atoms. The van der Waals surface area contributed by atoms with Crippen molar-refractivity contribution in [3.63, 3.8) is 0 Å².